The van der Waals surface area contributed by atoms with E-state index >= 15 is 0 Å². The Labute approximate surface area is 167 Å². The number of halogens is 1. The van der Waals surface area contributed by atoms with Gasteiger partial charge in [0.05, 0.1) is 11.7 Å². The summed E-state index contributed by atoms with van der Waals surface area (Å²) in [6, 6.07) is 12.5. The van der Waals surface area contributed by atoms with Crippen molar-refractivity contribution in [3.8, 4) is 5.75 Å². The number of benzene rings is 2. The molecule has 0 bridgehead atoms. The van der Waals surface area contributed by atoms with Crippen molar-refractivity contribution in [2.24, 2.45) is 5.10 Å². The van der Waals surface area contributed by atoms with E-state index in [9.17, 15) is 19.1 Å². The summed E-state index contributed by atoms with van der Waals surface area (Å²) in [6.07, 6.45) is 4.06. The Balaban J connectivity index is 1.94. The molecule has 1 amide bonds. The first-order valence-corrected chi connectivity index (χ1v) is 9.46. The largest absolute Gasteiger partial charge is 0.506 e. The molecule has 7 heteroatoms. The molecule has 0 fully saturated rings. The molecule has 0 aliphatic heterocycles. The minimum absolute atomic E-state index is 0.351. The predicted molar refractivity (Wildman–Crippen MR) is 111 cm³/mol. The number of fused-ring (bicyclic) bond motifs is 1. The highest BCUT2D eigenvalue weighted by atomic mass is 19.1. The molecular formula is C22H22FN3O3. The molecule has 3 rings (SSSR count). The molecule has 1 heterocycles. The number of pyridine rings is 1. The number of carbonyl (C=O) groups excluding carboxylic acids is 1. The molecule has 2 N–H and O–H groups in total. The van der Waals surface area contributed by atoms with Crippen molar-refractivity contribution in [2.45, 2.75) is 32.7 Å². The molecule has 2 aromatic carbocycles. The first kappa shape index (κ1) is 20.3. The third-order valence-corrected chi connectivity index (χ3v) is 4.61. The fourth-order valence-electron chi connectivity index (χ4n) is 3.11. The van der Waals surface area contributed by atoms with E-state index in [2.05, 4.69) is 17.5 Å². The molecule has 0 radical (unpaired) electrons. The summed E-state index contributed by atoms with van der Waals surface area (Å²) in [5.41, 5.74) is 2.51. The van der Waals surface area contributed by atoms with E-state index in [0.29, 0.717) is 23.0 Å². The van der Waals surface area contributed by atoms with Crippen molar-refractivity contribution < 1.29 is 14.3 Å². The van der Waals surface area contributed by atoms with Gasteiger partial charge in [0.15, 0.2) is 0 Å². The zero-order valence-electron chi connectivity index (χ0n) is 16.1. The standard InChI is InChI=1S/C22H22FN3O3/c1-2-3-6-13-26-18-8-5-4-7-17(18)20(27)19(22(26)29)21(28)25-24-14-15-9-11-16(23)12-10-15/h4-5,7-12,14,27H,2-3,6,13H2,1H3,(H,25,28). The molecule has 0 aliphatic rings. The van der Waals surface area contributed by atoms with Gasteiger partial charge in [-0.05, 0) is 36.2 Å². The lowest BCUT2D eigenvalue weighted by molar-refractivity contribution is 0.0950. The number of nitrogens with zero attached hydrogens (tertiary/aromatic N) is 2. The Kier molecular flexibility index (Phi) is 6.39. The minimum atomic E-state index is -0.805. The first-order valence-electron chi connectivity index (χ1n) is 9.46. The van der Waals surface area contributed by atoms with Crippen LogP contribution in [0.3, 0.4) is 0 Å². The molecule has 0 saturated carbocycles. The van der Waals surface area contributed by atoms with Crippen LogP contribution in [0.4, 0.5) is 4.39 Å². The van der Waals surface area contributed by atoms with Crippen molar-refractivity contribution in [2.75, 3.05) is 0 Å². The highest BCUT2D eigenvalue weighted by molar-refractivity contribution is 6.02. The summed E-state index contributed by atoms with van der Waals surface area (Å²) in [5, 5.41) is 14.8. The van der Waals surface area contributed by atoms with Gasteiger partial charge in [0.2, 0.25) is 0 Å². The summed E-state index contributed by atoms with van der Waals surface area (Å²) in [7, 11) is 0. The average Bonchev–Trinajstić information content (AvgIpc) is 2.72. The third-order valence-electron chi connectivity index (χ3n) is 4.61. The highest BCUT2D eigenvalue weighted by Crippen LogP contribution is 2.26. The number of aryl methyl sites for hydroxylation is 1. The second-order valence-electron chi connectivity index (χ2n) is 6.66. The number of nitrogens with one attached hydrogen (secondary N) is 1. The monoisotopic (exact) mass is 395 g/mol. The van der Waals surface area contributed by atoms with E-state index < -0.39 is 11.5 Å². The summed E-state index contributed by atoms with van der Waals surface area (Å²) in [5.74, 6) is -1.55. The SMILES string of the molecule is CCCCCn1c(=O)c(C(=O)NN=Cc2ccc(F)cc2)c(O)c2ccccc21. The van der Waals surface area contributed by atoms with Crippen LogP contribution >= 0.6 is 0 Å². The Morgan fingerprint density at radius 3 is 2.62 bits per heavy atom. The summed E-state index contributed by atoms with van der Waals surface area (Å²) in [4.78, 5) is 25.6. The number of carbonyl (C=O) groups is 1. The summed E-state index contributed by atoms with van der Waals surface area (Å²) in [6.45, 7) is 2.52. The lowest BCUT2D eigenvalue weighted by atomic mass is 10.1. The maximum absolute atomic E-state index is 13.0. The summed E-state index contributed by atoms with van der Waals surface area (Å²) < 4.78 is 14.5. The second-order valence-corrected chi connectivity index (χ2v) is 6.66. The van der Waals surface area contributed by atoms with Gasteiger partial charge in [-0.25, -0.2) is 9.82 Å². The lowest BCUT2D eigenvalue weighted by Gasteiger charge is -2.14. The summed E-state index contributed by atoms with van der Waals surface area (Å²) >= 11 is 0. The lowest BCUT2D eigenvalue weighted by Crippen LogP contribution is -2.31. The van der Waals surface area contributed by atoms with Crippen LogP contribution in [-0.4, -0.2) is 21.8 Å². The quantitative estimate of drug-likeness (QED) is 0.363. The van der Waals surface area contributed by atoms with Gasteiger partial charge in [-0.15, -0.1) is 0 Å². The molecular weight excluding hydrogens is 373 g/mol. The van der Waals surface area contributed by atoms with E-state index in [0.717, 1.165) is 19.3 Å². The van der Waals surface area contributed by atoms with Crippen LogP contribution in [0.2, 0.25) is 0 Å². The van der Waals surface area contributed by atoms with E-state index in [1.165, 1.54) is 35.0 Å². The van der Waals surface area contributed by atoms with Crippen LogP contribution in [0.5, 0.6) is 5.75 Å². The van der Waals surface area contributed by atoms with E-state index in [1.54, 1.807) is 24.3 Å². The molecule has 0 unspecified atom stereocenters. The zero-order valence-corrected chi connectivity index (χ0v) is 16.1. The Morgan fingerprint density at radius 1 is 1.17 bits per heavy atom. The number of unbranched alkanes of at least 4 members (excludes halogenated alkanes) is 2. The fraction of sp³-hybridized carbons (Fsp3) is 0.227. The fourth-order valence-corrected chi connectivity index (χ4v) is 3.11. The maximum Gasteiger partial charge on any atom is 0.280 e. The van der Waals surface area contributed by atoms with E-state index in [-0.39, 0.29) is 17.1 Å². The van der Waals surface area contributed by atoms with Crippen molar-refractivity contribution in [3.63, 3.8) is 0 Å². The van der Waals surface area contributed by atoms with Gasteiger partial charge in [0.1, 0.15) is 17.1 Å². The van der Waals surface area contributed by atoms with Crippen molar-refractivity contribution >= 4 is 23.0 Å². The molecule has 1 aromatic heterocycles. The zero-order chi connectivity index (χ0) is 20.8. The van der Waals surface area contributed by atoms with Crippen LogP contribution in [0.25, 0.3) is 10.9 Å². The number of para-hydroxylation sites is 1. The number of rotatable bonds is 7. The van der Waals surface area contributed by atoms with Crippen LogP contribution in [0, 0.1) is 5.82 Å². The normalized spacial score (nSPS) is 11.2. The molecule has 0 aliphatic carbocycles. The van der Waals surface area contributed by atoms with E-state index in [4.69, 9.17) is 0 Å². The number of amides is 1. The van der Waals surface area contributed by atoms with Gasteiger partial charge in [-0.2, -0.15) is 5.10 Å². The van der Waals surface area contributed by atoms with Gasteiger partial charge >= 0.3 is 0 Å². The van der Waals surface area contributed by atoms with Crippen molar-refractivity contribution in [3.05, 3.63) is 75.8 Å². The van der Waals surface area contributed by atoms with Crippen LogP contribution in [-0.2, 0) is 6.54 Å². The average molecular weight is 395 g/mol. The molecule has 0 atom stereocenters. The number of hydrogen-bond acceptors (Lipinski definition) is 4. The van der Waals surface area contributed by atoms with Crippen LogP contribution in [0.15, 0.2) is 58.4 Å². The first-order chi connectivity index (χ1) is 14.0. The Bertz CT molecular complexity index is 1100. The molecule has 6 nitrogen and oxygen atoms in total. The number of hydrogen-bond donors (Lipinski definition) is 2. The molecule has 3 aromatic rings. The van der Waals surface area contributed by atoms with Gasteiger partial charge in [-0.1, -0.05) is 44.0 Å². The van der Waals surface area contributed by atoms with E-state index in [1.807, 2.05) is 0 Å². The molecule has 29 heavy (non-hydrogen) atoms. The molecule has 0 saturated heterocycles. The Morgan fingerprint density at radius 2 is 1.90 bits per heavy atom. The van der Waals surface area contributed by atoms with Gasteiger partial charge < -0.3 is 9.67 Å². The number of aromatic hydroxyl groups is 1. The second kappa shape index (κ2) is 9.14. The molecule has 0 spiro atoms. The van der Waals surface area contributed by atoms with Crippen molar-refractivity contribution in [1.29, 1.82) is 0 Å². The topological polar surface area (TPSA) is 83.7 Å². The van der Waals surface area contributed by atoms with Gasteiger partial charge in [0, 0.05) is 11.9 Å². The highest BCUT2D eigenvalue weighted by Gasteiger charge is 2.21. The van der Waals surface area contributed by atoms with Crippen molar-refractivity contribution in [1.82, 2.24) is 9.99 Å². The Hall–Kier alpha value is -3.48. The van der Waals surface area contributed by atoms with Crippen LogP contribution in [0.1, 0.15) is 42.1 Å². The molecule has 150 valence electrons. The number of aromatic nitrogens is 1. The van der Waals surface area contributed by atoms with Crippen LogP contribution < -0.4 is 11.0 Å². The predicted octanol–water partition coefficient (Wildman–Crippen LogP) is 3.80. The maximum atomic E-state index is 13.0. The minimum Gasteiger partial charge on any atom is -0.506 e. The third kappa shape index (κ3) is 4.51. The van der Waals surface area contributed by atoms with Gasteiger partial charge in [0.25, 0.3) is 11.5 Å². The number of hydrazone groups is 1. The smallest absolute Gasteiger partial charge is 0.280 e. The van der Waals surface area contributed by atoms with Gasteiger partial charge in [-0.3, -0.25) is 9.59 Å².